The van der Waals surface area contributed by atoms with E-state index in [4.69, 9.17) is 0 Å². The molecule has 11 rings (SSSR count). The van der Waals surface area contributed by atoms with Gasteiger partial charge in [0.1, 0.15) is 0 Å². The molecule has 3 heteroatoms. The van der Waals surface area contributed by atoms with Crippen LogP contribution in [0.3, 0.4) is 0 Å². The Balaban J connectivity index is 1.12. The fraction of sp³-hybridized carbons (Fsp3) is 0.125. The zero-order chi connectivity index (χ0) is 33.5. The molecule has 0 radical (unpaired) electrons. The van der Waals surface area contributed by atoms with Gasteiger partial charge in [-0.15, -0.1) is 0 Å². The highest BCUT2D eigenvalue weighted by Crippen LogP contribution is 2.43. The second kappa shape index (κ2) is 11.2. The Kier molecular flexibility index (Phi) is 6.33. The van der Waals surface area contributed by atoms with Crippen LogP contribution in [-0.4, -0.2) is 13.7 Å². The molecule has 0 fully saturated rings. The normalized spacial score (nSPS) is 15.6. The first-order valence-corrected chi connectivity index (χ1v) is 18.4. The molecule has 3 nitrogen and oxygen atoms in total. The van der Waals surface area contributed by atoms with Gasteiger partial charge in [-0.3, -0.25) is 0 Å². The highest BCUT2D eigenvalue weighted by atomic mass is 15.0. The van der Waals surface area contributed by atoms with Crippen molar-refractivity contribution in [2.75, 3.05) is 0 Å². The van der Waals surface area contributed by atoms with Gasteiger partial charge in [0.2, 0.25) is 0 Å². The number of aromatic nitrogens is 3. The van der Waals surface area contributed by atoms with Crippen LogP contribution in [-0.2, 0) is 12.8 Å². The Hall–Kier alpha value is -6.06. The minimum Gasteiger partial charge on any atom is -0.313 e. The zero-order valence-corrected chi connectivity index (χ0v) is 28.5. The van der Waals surface area contributed by atoms with Gasteiger partial charge in [0.25, 0.3) is 0 Å². The Morgan fingerprint density at radius 2 is 0.961 bits per heavy atom. The molecule has 0 spiro atoms. The van der Waals surface area contributed by atoms with E-state index in [1.807, 2.05) is 0 Å². The summed E-state index contributed by atoms with van der Waals surface area (Å²) < 4.78 is 7.64. The van der Waals surface area contributed by atoms with Crippen molar-refractivity contribution in [3.05, 3.63) is 162 Å². The summed E-state index contributed by atoms with van der Waals surface area (Å²) in [6.07, 6.45) is 18.2. The minimum atomic E-state index is 0.969. The van der Waals surface area contributed by atoms with Crippen molar-refractivity contribution < 1.29 is 0 Å². The van der Waals surface area contributed by atoms with Crippen molar-refractivity contribution in [3.8, 4) is 11.1 Å². The molecular weight excluding hydrogens is 619 g/mol. The number of para-hydroxylation sites is 3. The van der Waals surface area contributed by atoms with Crippen molar-refractivity contribution in [1.82, 2.24) is 13.7 Å². The lowest BCUT2D eigenvalue weighted by Crippen LogP contribution is -2.10. The lowest BCUT2D eigenvalue weighted by molar-refractivity contribution is 0.893. The first kappa shape index (κ1) is 28.7. The molecule has 8 aromatic rings. The standard InChI is InChI=1S/C48H37N3/c1-2-12-32(13-3-1)33-22-29-47-42(30-33)41-28-27-36(51-45-20-10-6-16-39(45)40-17-7-11-21-46(40)51)31-48(41)50(47)35-25-23-34(24-26-35)49-43-18-8-4-14-37(43)38-15-5-9-19-44(38)49/h1-6,8-16,18-23,25,29-31H,7,17,24,26-28H2. The van der Waals surface area contributed by atoms with Crippen LogP contribution in [0.15, 0.2) is 140 Å². The number of nitrogens with zero attached hydrogens (tertiary/aromatic N) is 3. The first-order valence-electron chi connectivity index (χ1n) is 18.4. The van der Waals surface area contributed by atoms with Crippen molar-refractivity contribution in [2.24, 2.45) is 0 Å². The van der Waals surface area contributed by atoms with Crippen molar-refractivity contribution in [3.63, 3.8) is 0 Å². The van der Waals surface area contributed by atoms with E-state index in [2.05, 4.69) is 165 Å². The van der Waals surface area contributed by atoms with Gasteiger partial charge in [0, 0.05) is 44.3 Å². The van der Waals surface area contributed by atoms with E-state index in [9.17, 15) is 0 Å². The SMILES string of the molecule is C1=Cc2c(c3ccccc3n2C2=Cc3c(c4cc(-c5ccccc5)ccc4n3C3=CC=C(n4c5ccccc5c5ccccc54)CC3)CC2)CC1. The van der Waals surface area contributed by atoms with Crippen LogP contribution in [0.2, 0.25) is 0 Å². The number of aryl methyl sites for hydroxylation is 2. The summed E-state index contributed by atoms with van der Waals surface area (Å²) in [4.78, 5) is 0. The molecule has 0 unspecified atom stereocenters. The number of rotatable bonds is 4. The smallest absolute Gasteiger partial charge is 0.0537 e. The molecule has 5 aromatic carbocycles. The second-order valence-corrected chi connectivity index (χ2v) is 14.3. The number of allylic oxidation sites excluding steroid dienone is 6. The van der Waals surface area contributed by atoms with Crippen molar-refractivity contribution in [1.29, 1.82) is 0 Å². The molecule has 3 heterocycles. The van der Waals surface area contributed by atoms with Crippen LogP contribution in [0.25, 0.3) is 84.0 Å². The molecule has 0 saturated carbocycles. The topological polar surface area (TPSA) is 14.8 Å². The van der Waals surface area contributed by atoms with Crippen LogP contribution in [0.4, 0.5) is 0 Å². The maximum atomic E-state index is 2.59. The second-order valence-electron chi connectivity index (χ2n) is 14.3. The Bertz CT molecular complexity index is 2790. The van der Waals surface area contributed by atoms with E-state index >= 15 is 0 Å². The molecule has 244 valence electrons. The third-order valence-corrected chi connectivity index (χ3v) is 11.6. The fourth-order valence-electron chi connectivity index (χ4n) is 9.29. The van der Waals surface area contributed by atoms with Gasteiger partial charge in [0.05, 0.1) is 27.8 Å². The van der Waals surface area contributed by atoms with E-state index < -0.39 is 0 Å². The van der Waals surface area contributed by atoms with E-state index in [0.717, 1.165) is 38.5 Å². The number of benzene rings is 5. The zero-order valence-electron chi connectivity index (χ0n) is 28.5. The van der Waals surface area contributed by atoms with Gasteiger partial charge >= 0.3 is 0 Å². The molecule has 0 atom stereocenters. The van der Waals surface area contributed by atoms with Crippen LogP contribution in [0.1, 0.15) is 48.2 Å². The third-order valence-electron chi connectivity index (χ3n) is 11.6. The molecule has 0 saturated heterocycles. The quantitative estimate of drug-likeness (QED) is 0.179. The summed E-state index contributed by atoms with van der Waals surface area (Å²) in [5.41, 5.74) is 17.5. The third kappa shape index (κ3) is 4.31. The van der Waals surface area contributed by atoms with E-state index in [1.54, 1.807) is 0 Å². The largest absolute Gasteiger partial charge is 0.313 e. The summed E-state index contributed by atoms with van der Waals surface area (Å²) in [6, 6.07) is 44.6. The molecule has 3 aliphatic carbocycles. The van der Waals surface area contributed by atoms with E-state index in [-0.39, 0.29) is 0 Å². The number of hydrogen-bond donors (Lipinski definition) is 0. The molecule has 0 aliphatic heterocycles. The maximum Gasteiger partial charge on any atom is 0.0537 e. The highest BCUT2D eigenvalue weighted by Gasteiger charge is 2.27. The van der Waals surface area contributed by atoms with Crippen molar-refractivity contribution >= 4 is 72.9 Å². The summed E-state index contributed by atoms with van der Waals surface area (Å²) in [5.74, 6) is 0. The minimum absolute atomic E-state index is 0.969. The predicted octanol–water partition coefficient (Wildman–Crippen LogP) is 12.5. The number of fused-ring (bicyclic) bond motifs is 9. The fourth-order valence-corrected chi connectivity index (χ4v) is 9.29. The van der Waals surface area contributed by atoms with Gasteiger partial charge in [-0.25, -0.2) is 0 Å². The average molecular weight is 656 g/mol. The lowest BCUT2D eigenvalue weighted by atomic mass is 9.96. The van der Waals surface area contributed by atoms with Crippen LogP contribution in [0, 0.1) is 0 Å². The van der Waals surface area contributed by atoms with Gasteiger partial charge in [-0.05, 0) is 115 Å². The summed E-state index contributed by atoms with van der Waals surface area (Å²) >= 11 is 0. The number of hydrogen-bond acceptors (Lipinski definition) is 0. The van der Waals surface area contributed by atoms with Crippen LogP contribution in [0.5, 0.6) is 0 Å². The monoisotopic (exact) mass is 655 g/mol. The average Bonchev–Trinajstić information content (AvgIpc) is 3.83. The van der Waals surface area contributed by atoms with Crippen LogP contribution >= 0.6 is 0 Å². The highest BCUT2D eigenvalue weighted by molar-refractivity contribution is 6.10. The molecule has 0 bridgehead atoms. The molecule has 51 heavy (non-hydrogen) atoms. The molecular formula is C48H37N3. The first-order chi connectivity index (χ1) is 25.3. The Labute approximate surface area is 297 Å². The molecule has 0 amide bonds. The maximum absolute atomic E-state index is 2.59. The summed E-state index contributed by atoms with van der Waals surface area (Å²) in [7, 11) is 0. The molecule has 3 aliphatic rings. The molecule has 0 N–H and O–H groups in total. The summed E-state index contributed by atoms with van der Waals surface area (Å²) in [5, 5.41) is 5.40. The van der Waals surface area contributed by atoms with E-state index in [0.29, 0.717) is 0 Å². The van der Waals surface area contributed by atoms with E-state index in [1.165, 1.54) is 94.3 Å². The van der Waals surface area contributed by atoms with Crippen molar-refractivity contribution in [2.45, 2.75) is 38.5 Å². The molecule has 3 aromatic heterocycles. The van der Waals surface area contributed by atoms with Crippen LogP contribution < -0.4 is 0 Å². The van der Waals surface area contributed by atoms with Gasteiger partial charge < -0.3 is 13.7 Å². The Morgan fingerprint density at radius 1 is 0.392 bits per heavy atom. The van der Waals surface area contributed by atoms with Gasteiger partial charge in [0.15, 0.2) is 0 Å². The lowest BCUT2D eigenvalue weighted by Gasteiger charge is -2.23. The Morgan fingerprint density at radius 3 is 1.69 bits per heavy atom. The summed E-state index contributed by atoms with van der Waals surface area (Å²) in [6.45, 7) is 0. The predicted molar refractivity (Wildman–Crippen MR) is 216 cm³/mol. The van der Waals surface area contributed by atoms with Gasteiger partial charge in [-0.2, -0.15) is 0 Å². The van der Waals surface area contributed by atoms with Gasteiger partial charge in [-0.1, -0.05) is 97.1 Å².